The Morgan fingerprint density at radius 3 is 2.65 bits per heavy atom. The summed E-state index contributed by atoms with van der Waals surface area (Å²) in [5.41, 5.74) is 1.30. The van der Waals surface area contributed by atoms with Crippen molar-refractivity contribution >= 4 is 40.0 Å². The number of nitrogens with one attached hydrogen (secondary N) is 3. The van der Waals surface area contributed by atoms with E-state index in [-0.39, 0.29) is 24.0 Å². The Morgan fingerprint density at radius 1 is 1.18 bits per heavy atom. The molecule has 2 aliphatic rings. The van der Waals surface area contributed by atoms with Crippen LogP contribution in [0.1, 0.15) is 32.6 Å². The average molecular weight is 572 g/mol. The summed E-state index contributed by atoms with van der Waals surface area (Å²) in [6.45, 7) is 6.06. The van der Waals surface area contributed by atoms with Gasteiger partial charge in [-0.15, -0.1) is 0 Å². The number of aryl methyl sites for hydroxylation is 1. The predicted molar refractivity (Wildman–Crippen MR) is 157 cm³/mol. The molecule has 1 aromatic carbocycles. The largest absolute Gasteiger partial charge is 0.484 e. The van der Waals surface area contributed by atoms with E-state index in [0.29, 0.717) is 29.4 Å². The fourth-order valence-corrected chi connectivity index (χ4v) is 5.38. The van der Waals surface area contributed by atoms with Crippen LogP contribution in [0.4, 0.5) is 17.5 Å². The van der Waals surface area contributed by atoms with E-state index in [1.165, 1.54) is 0 Å². The molecule has 12 heteroatoms. The van der Waals surface area contributed by atoms with Gasteiger partial charge < -0.3 is 34.7 Å². The van der Waals surface area contributed by atoms with Gasteiger partial charge >= 0.3 is 0 Å². The van der Waals surface area contributed by atoms with Crippen LogP contribution in [0.3, 0.4) is 0 Å². The van der Waals surface area contributed by atoms with Gasteiger partial charge in [0.05, 0.1) is 23.9 Å². The molecule has 0 amide bonds. The molecule has 216 valence electrons. The van der Waals surface area contributed by atoms with Gasteiger partial charge in [-0.3, -0.25) is 10.1 Å². The maximum absolute atomic E-state index is 12.9. The molecule has 2 aliphatic heterocycles. The number of anilines is 3. The minimum absolute atomic E-state index is 0.0420. The third kappa shape index (κ3) is 6.67. The van der Waals surface area contributed by atoms with Crippen LogP contribution in [0.15, 0.2) is 35.3 Å². The van der Waals surface area contributed by atoms with Crippen molar-refractivity contribution in [1.82, 2.24) is 25.2 Å². The Hall–Kier alpha value is -2.96. The van der Waals surface area contributed by atoms with Crippen molar-refractivity contribution in [2.45, 2.75) is 57.6 Å². The summed E-state index contributed by atoms with van der Waals surface area (Å²) >= 11 is 6.49. The van der Waals surface area contributed by atoms with E-state index < -0.39 is 6.23 Å². The summed E-state index contributed by atoms with van der Waals surface area (Å²) in [6, 6.07) is 7.39. The Kier molecular flexibility index (Phi) is 9.38. The fraction of sp³-hybridized carbons (Fsp3) is 0.536. The van der Waals surface area contributed by atoms with Crippen LogP contribution in [0, 0.1) is 0 Å². The fourth-order valence-electron chi connectivity index (χ4n) is 5.24. The highest BCUT2D eigenvalue weighted by Crippen LogP contribution is 2.29. The van der Waals surface area contributed by atoms with Gasteiger partial charge in [-0.25, -0.2) is 4.98 Å². The first kappa shape index (κ1) is 28.6. The van der Waals surface area contributed by atoms with E-state index in [9.17, 15) is 9.90 Å². The molecular weight excluding hydrogens is 534 g/mol. The number of aromatic nitrogens is 3. The van der Waals surface area contributed by atoms with Crippen molar-refractivity contribution < 1.29 is 14.6 Å². The highest BCUT2D eigenvalue weighted by Gasteiger charge is 2.25. The van der Waals surface area contributed by atoms with E-state index in [4.69, 9.17) is 26.1 Å². The number of aliphatic hydroxyl groups excluding tert-OH is 1. The van der Waals surface area contributed by atoms with Gasteiger partial charge in [-0.2, -0.15) is 4.98 Å². The smallest absolute Gasteiger partial charge is 0.293 e. The van der Waals surface area contributed by atoms with Crippen molar-refractivity contribution in [3.63, 3.8) is 0 Å². The lowest BCUT2D eigenvalue weighted by molar-refractivity contribution is -0.0364. The lowest BCUT2D eigenvalue weighted by Crippen LogP contribution is -2.41. The van der Waals surface area contributed by atoms with Crippen LogP contribution in [-0.2, 0) is 11.3 Å². The third-order valence-corrected chi connectivity index (χ3v) is 7.77. The number of rotatable bonds is 10. The Labute approximate surface area is 238 Å². The molecule has 0 bridgehead atoms. The summed E-state index contributed by atoms with van der Waals surface area (Å²) < 4.78 is 13.6. The van der Waals surface area contributed by atoms with Crippen LogP contribution in [0.25, 0.3) is 10.9 Å². The molecule has 3 aromatic rings. The lowest BCUT2D eigenvalue weighted by atomic mass is 10.1. The van der Waals surface area contributed by atoms with Gasteiger partial charge in [0.1, 0.15) is 17.9 Å². The molecule has 40 heavy (non-hydrogen) atoms. The molecule has 2 fully saturated rings. The summed E-state index contributed by atoms with van der Waals surface area (Å²) in [5, 5.41) is 20.4. The summed E-state index contributed by atoms with van der Waals surface area (Å²) in [5.74, 6) is 1.32. The van der Waals surface area contributed by atoms with Gasteiger partial charge in [0.25, 0.3) is 5.56 Å². The minimum Gasteiger partial charge on any atom is -0.484 e. The molecule has 4 heterocycles. The van der Waals surface area contributed by atoms with Gasteiger partial charge in [0.15, 0.2) is 11.6 Å². The first-order valence-electron chi connectivity index (χ1n) is 14.0. The van der Waals surface area contributed by atoms with Gasteiger partial charge in [0.2, 0.25) is 5.95 Å². The number of piperidine rings is 2. The van der Waals surface area contributed by atoms with E-state index in [2.05, 4.69) is 25.8 Å². The molecule has 4 N–H and O–H groups in total. The second kappa shape index (κ2) is 13.1. The molecule has 11 nitrogen and oxygen atoms in total. The van der Waals surface area contributed by atoms with Crippen molar-refractivity contribution in [2.75, 3.05) is 50.1 Å². The second-order valence-corrected chi connectivity index (χ2v) is 10.6. The highest BCUT2D eigenvalue weighted by atomic mass is 35.5. The third-order valence-electron chi connectivity index (χ3n) is 7.50. The molecule has 0 spiro atoms. The zero-order chi connectivity index (χ0) is 28.1. The lowest BCUT2D eigenvalue weighted by Gasteiger charge is -2.35. The zero-order valence-electron chi connectivity index (χ0n) is 23.0. The van der Waals surface area contributed by atoms with E-state index >= 15 is 0 Å². The maximum atomic E-state index is 12.9. The second-order valence-electron chi connectivity index (χ2n) is 10.2. The maximum Gasteiger partial charge on any atom is 0.293 e. The molecule has 5 rings (SSSR count). The quantitative estimate of drug-likeness (QED) is 0.270. The molecule has 2 saturated heterocycles. The molecule has 0 aliphatic carbocycles. The number of fused-ring (bicyclic) bond motifs is 1. The van der Waals surface area contributed by atoms with E-state index in [1.54, 1.807) is 23.9 Å². The number of pyridine rings is 1. The molecule has 2 aromatic heterocycles. The van der Waals surface area contributed by atoms with Crippen molar-refractivity contribution in [3.05, 3.63) is 45.8 Å². The number of halogens is 1. The zero-order valence-corrected chi connectivity index (χ0v) is 23.8. The Balaban J connectivity index is 1.30. The molecule has 0 radical (unpaired) electrons. The normalized spacial score (nSPS) is 17.8. The number of hydrogen-bond donors (Lipinski definition) is 4. The minimum atomic E-state index is -0.875. The van der Waals surface area contributed by atoms with Gasteiger partial charge in [0, 0.05) is 30.7 Å². The van der Waals surface area contributed by atoms with Gasteiger partial charge in [-0.1, -0.05) is 11.6 Å². The van der Waals surface area contributed by atoms with Crippen molar-refractivity contribution in [3.8, 4) is 5.75 Å². The number of benzene rings is 1. The van der Waals surface area contributed by atoms with Crippen LogP contribution < -0.4 is 31.1 Å². The Morgan fingerprint density at radius 2 is 1.93 bits per heavy atom. The number of ether oxygens (including phenoxy) is 2. The topological polar surface area (TPSA) is 126 Å². The number of nitrogens with zero attached hydrogens (tertiary/aromatic N) is 4. The number of aliphatic hydroxyl groups is 1. The van der Waals surface area contributed by atoms with Crippen LogP contribution >= 0.6 is 11.6 Å². The standard InChI is InChI=1S/C28H38ClN7O4/c1-3-36-23-5-4-19(14-18(23)15-24(27(36)38)39-17-25(37)30-2)33-26-22(29)16-32-28(34-26)35-12-8-21(9-13-35)40-20-6-10-31-11-7-20/h4-5,14-16,20-21,25,30-31,37H,3,6-13,17H2,1-2H3,(H,32,33,34). The summed E-state index contributed by atoms with van der Waals surface area (Å²) in [4.78, 5) is 24.3. The first-order chi connectivity index (χ1) is 19.4. The van der Waals surface area contributed by atoms with Crippen LogP contribution in [-0.4, -0.2) is 77.9 Å². The highest BCUT2D eigenvalue weighted by molar-refractivity contribution is 6.32. The average Bonchev–Trinajstić information content (AvgIpc) is 2.98. The molecule has 1 atom stereocenters. The van der Waals surface area contributed by atoms with Crippen LogP contribution in [0.2, 0.25) is 5.02 Å². The SMILES string of the molecule is CCn1c(=O)c(OCC(O)NC)cc2cc(Nc3nc(N4CCC(OC5CCNCC5)CC4)ncc3Cl)ccc21. The molecular formula is C28H38ClN7O4. The first-order valence-corrected chi connectivity index (χ1v) is 14.4. The van der Waals surface area contributed by atoms with Crippen LogP contribution in [0.5, 0.6) is 5.75 Å². The Bertz CT molecular complexity index is 1360. The number of hydrogen-bond acceptors (Lipinski definition) is 10. The molecule has 0 saturated carbocycles. The van der Waals surface area contributed by atoms with E-state index in [0.717, 1.165) is 68.5 Å². The van der Waals surface area contributed by atoms with E-state index in [1.807, 2.05) is 25.1 Å². The van der Waals surface area contributed by atoms with Gasteiger partial charge in [-0.05, 0) is 77.0 Å². The molecule has 1 unspecified atom stereocenters. The summed E-state index contributed by atoms with van der Waals surface area (Å²) in [7, 11) is 1.62. The number of likely N-dealkylation sites (N-methyl/N-ethyl adjacent to an activating group) is 1. The van der Waals surface area contributed by atoms with Crippen molar-refractivity contribution in [2.24, 2.45) is 0 Å². The van der Waals surface area contributed by atoms with Crippen molar-refractivity contribution in [1.29, 1.82) is 0 Å². The summed E-state index contributed by atoms with van der Waals surface area (Å²) in [6.07, 6.45) is 5.42. The monoisotopic (exact) mass is 571 g/mol. The predicted octanol–water partition coefficient (Wildman–Crippen LogP) is 2.86.